The molecular formula is C15H20F2N2O. The van der Waals surface area contributed by atoms with Crippen molar-refractivity contribution in [3.63, 3.8) is 0 Å². The Kier molecular flexibility index (Phi) is 4.70. The van der Waals surface area contributed by atoms with E-state index in [1.165, 1.54) is 18.2 Å². The lowest BCUT2D eigenvalue weighted by atomic mass is 9.85. The summed E-state index contributed by atoms with van der Waals surface area (Å²) < 4.78 is 27.7. The Morgan fingerprint density at radius 2 is 1.95 bits per heavy atom. The molecule has 2 rings (SSSR count). The first-order valence-corrected chi connectivity index (χ1v) is 6.88. The van der Waals surface area contributed by atoms with Gasteiger partial charge in [0, 0.05) is 18.0 Å². The molecule has 0 spiro atoms. The summed E-state index contributed by atoms with van der Waals surface area (Å²) in [5.74, 6) is -1.11. The van der Waals surface area contributed by atoms with E-state index in [1.807, 2.05) is 0 Å². The summed E-state index contributed by atoms with van der Waals surface area (Å²) in [4.78, 5) is 13.5. The lowest BCUT2D eigenvalue weighted by molar-refractivity contribution is -0.127. The van der Waals surface area contributed by atoms with Crippen LogP contribution in [-0.2, 0) is 4.79 Å². The summed E-state index contributed by atoms with van der Waals surface area (Å²) in [5, 5.41) is 2.81. The van der Waals surface area contributed by atoms with E-state index in [0.717, 1.165) is 19.3 Å². The van der Waals surface area contributed by atoms with Crippen LogP contribution in [0.1, 0.15) is 30.9 Å². The maximum atomic E-state index is 13.8. The van der Waals surface area contributed by atoms with Gasteiger partial charge in [-0.3, -0.25) is 4.79 Å². The number of hydrogen-bond donors (Lipinski definition) is 1. The molecule has 110 valence electrons. The van der Waals surface area contributed by atoms with E-state index in [2.05, 4.69) is 5.32 Å². The Morgan fingerprint density at radius 1 is 1.35 bits per heavy atom. The fraction of sp³-hybridized carbons (Fsp3) is 0.533. The Bertz CT molecular complexity index is 467. The SMILES string of the molecule is CN(C)[C@H](CNC(=O)C1CCC1)c1c(F)cccc1F. The molecule has 0 aliphatic heterocycles. The first-order chi connectivity index (χ1) is 9.50. The Balaban J connectivity index is 2.08. The third kappa shape index (κ3) is 3.15. The van der Waals surface area contributed by atoms with Crippen LogP contribution in [0.25, 0.3) is 0 Å². The van der Waals surface area contributed by atoms with E-state index in [4.69, 9.17) is 0 Å². The fourth-order valence-corrected chi connectivity index (χ4v) is 2.38. The molecule has 1 aromatic rings. The van der Waals surface area contributed by atoms with E-state index in [0.29, 0.717) is 0 Å². The van der Waals surface area contributed by atoms with E-state index < -0.39 is 17.7 Å². The monoisotopic (exact) mass is 282 g/mol. The minimum atomic E-state index is -0.582. The number of nitrogens with zero attached hydrogens (tertiary/aromatic N) is 1. The molecule has 0 radical (unpaired) electrons. The molecule has 1 aromatic carbocycles. The smallest absolute Gasteiger partial charge is 0.223 e. The zero-order valence-corrected chi connectivity index (χ0v) is 11.8. The van der Waals surface area contributed by atoms with Crippen LogP contribution >= 0.6 is 0 Å². The first-order valence-electron chi connectivity index (χ1n) is 6.88. The minimum Gasteiger partial charge on any atom is -0.354 e. The van der Waals surface area contributed by atoms with Crippen molar-refractivity contribution in [2.75, 3.05) is 20.6 Å². The van der Waals surface area contributed by atoms with Crippen molar-refractivity contribution in [3.8, 4) is 0 Å². The van der Waals surface area contributed by atoms with E-state index in [-0.39, 0.29) is 23.9 Å². The second-order valence-electron chi connectivity index (χ2n) is 5.49. The molecule has 0 saturated heterocycles. The van der Waals surface area contributed by atoms with Gasteiger partial charge in [-0.25, -0.2) is 8.78 Å². The van der Waals surface area contributed by atoms with Crippen molar-refractivity contribution in [1.82, 2.24) is 10.2 Å². The van der Waals surface area contributed by atoms with Crippen LogP contribution < -0.4 is 5.32 Å². The van der Waals surface area contributed by atoms with Gasteiger partial charge >= 0.3 is 0 Å². The molecule has 5 heteroatoms. The summed E-state index contributed by atoms with van der Waals surface area (Å²) in [6, 6.07) is 3.30. The standard InChI is InChI=1S/C15H20F2N2O/c1-19(2)13(9-18-15(20)10-5-3-6-10)14-11(16)7-4-8-12(14)17/h4,7-8,10,13H,3,5-6,9H2,1-2H3,(H,18,20)/t13-/m1/s1. The summed E-state index contributed by atoms with van der Waals surface area (Å²) in [6.07, 6.45) is 2.90. The second-order valence-corrected chi connectivity index (χ2v) is 5.49. The van der Waals surface area contributed by atoms with Gasteiger partial charge in [0.2, 0.25) is 5.91 Å². The quantitative estimate of drug-likeness (QED) is 0.900. The summed E-state index contributed by atoms with van der Waals surface area (Å²) >= 11 is 0. The van der Waals surface area contributed by atoms with Gasteiger partial charge in [0.15, 0.2) is 0 Å². The molecule has 1 saturated carbocycles. The number of hydrogen-bond acceptors (Lipinski definition) is 2. The molecule has 1 fully saturated rings. The number of benzene rings is 1. The first kappa shape index (κ1) is 14.9. The van der Waals surface area contributed by atoms with Crippen LogP contribution in [0.3, 0.4) is 0 Å². The Labute approximate surface area is 118 Å². The van der Waals surface area contributed by atoms with Crippen LogP contribution in [-0.4, -0.2) is 31.4 Å². The lowest BCUT2D eigenvalue weighted by Crippen LogP contribution is -2.40. The Hall–Kier alpha value is -1.49. The summed E-state index contributed by atoms with van der Waals surface area (Å²) in [6.45, 7) is 0.209. The molecular weight excluding hydrogens is 262 g/mol. The topological polar surface area (TPSA) is 32.3 Å². The normalized spacial score (nSPS) is 16.9. The van der Waals surface area contributed by atoms with E-state index in [1.54, 1.807) is 19.0 Å². The largest absolute Gasteiger partial charge is 0.354 e. The maximum Gasteiger partial charge on any atom is 0.223 e. The highest BCUT2D eigenvalue weighted by molar-refractivity contribution is 5.79. The number of likely N-dealkylation sites (N-methyl/N-ethyl adjacent to an activating group) is 1. The summed E-state index contributed by atoms with van der Waals surface area (Å²) in [7, 11) is 3.48. The molecule has 0 heterocycles. The average molecular weight is 282 g/mol. The lowest BCUT2D eigenvalue weighted by Gasteiger charge is -2.29. The molecule has 1 aliphatic rings. The van der Waals surface area contributed by atoms with Crippen LogP contribution in [0.15, 0.2) is 18.2 Å². The molecule has 20 heavy (non-hydrogen) atoms. The highest BCUT2D eigenvalue weighted by Crippen LogP contribution is 2.27. The zero-order chi connectivity index (χ0) is 14.7. The molecule has 0 bridgehead atoms. The molecule has 1 aliphatic carbocycles. The van der Waals surface area contributed by atoms with E-state index in [9.17, 15) is 13.6 Å². The number of carbonyl (C=O) groups excluding carboxylic acids is 1. The number of carbonyl (C=O) groups is 1. The minimum absolute atomic E-state index is 0.00593. The van der Waals surface area contributed by atoms with Gasteiger partial charge in [-0.2, -0.15) is 0 Å². The van der Waals surface area contributed by atoms with Crippen LogP contribution in [0.5, 0.6) is 0 Å². The predicted octanol–water partition coefficient (Wildman–Crippen LogP) is 2.48. The van der Waals surface area contributed by atoms with Crippen molar-refractivity contribution in [2.24, 2.45) is 5.92 Å². The maximum absolute atomic E-state index is 13.8. The Morgan fingerprint density at radius 3 is 2.40 bits per heavy atom. The predicted molar refractivity (Wildman–Crippen MR) is 73.1 cm³/mol. The summed E-state index contributed by atoms with van der Waals surface area (Å²) in [5.41, 5.74) is 0.00593. The van der Waals surface area contributed by atoms with Gasteiger partial charge in [0.1, 0.15) is 11.6 Å². The second kappa shape index (κ2) is 6.31. The zero-order valence-electron chi connectivity index (χ0n) is 11.8. The van der Waals surface area contributed by atoms with Crippen molar-refractivity contribution < 1.29 is 13.6 Å². The van der Waals surface area contributed by atoms with Crippen LogP contribution in [0, 0.1) is 17.6 Å². The van der Waals surface area contributed by atoms with Gasteiger partial charge in [0.25, 0.3) is 0 Å². The fourth-order valence-electron chi connectivity index (χ4n) is 2.38. The number of halogens is 2. The van der Waals surface area contributed by atoms with Crippen molar-refractivity contribution in [1.29, 1.82) is 0 Å². The number of nitrogens with one attached hydrogen (secondary N) is 1. The molecule has 1 amide bonds. The van der Waals surface area contributed by atoms with Crippen molar-refractivity contribution >= 4 is 5.91 Å². The molecule has 3 nitrogen and oxygen atoms in total. The number of amides is 1. The average Bonchev–Trinajstić information content (AvgIpc) is 2.30. The van der Waals surface area contributed by atoms with Crippen molar-refractivity contribution in [3.05, 3.63) is 35.4 Å². The van der Waals surface area contributed by atoms with Crippen LogP contribution in [0.4, 0.5) is 8.78 Å². The highest BCUT2D eigenvalue weighted by atomic mass is 19.1. The van der Waals surface area contributed by atoms with Gasteiger partial charge in [0.05, 0.1) is 6.04 Å². The van der Waals surface area contributed by atoms with Gasteiger partial charge in [-0.05, 0) is 39.1 Å². The number of rotatable bonds is 5. The third-order valence-corrected chi connectivity index (χ3v) is 3.90. The molecule has 0 aromatic heterocycles. The van der Waals surface area contributed by atoms with Gasteiger partial charge in [-0.15, -0.1) is 0 Å². The van der Waals surface area contributed by atoms with E-state index >= 15 is 0 Å². The molecule has 1 N–H and O–H groups in total. The molecule has 0 unspecified atom stereocenters. The van der Waals surface area contributed by atoms with Gasteiger partial charge in [-0.1, -0.05) is 12.5 Å². The van der Waals surface area contributed by atoms with Crippen LogP contribution in [0.2, 0.25) is 0 Å². The van der Waals surface area contributed by atoms with Crippen molar-refractivity contribution in [2.45, 2.75) is 25.3 Å². The highest BCUT2D eigenvalue weighted by Gasteiger charge is 2.27. The third-order valence-electron chi connectivity index (χ3n) is 3.90. The van der Waals surface area contributed by atoms with Gasteiger partial charge < -0.3 is 10.2 Å². The molecule has 1 atom stereocenters.